The summed E-state index contributed by atoms with van der Waals surface area (Å²) in [6, 6.07) is 0. The molecule has 2 aliphatic heterocycles. The third-order valence-electron chi connectivity index (χ3n) is 3.11. The maximum absolute atomic E-state index is 11.7. The molecule has 2 heterocycles. The van der Waals surface area contributed by atoms with Crippen LogP contribution < -0.4 is 0 Å². The van der Waals surface area contributed by atoms with Crippen LogP contribution in [0.25, 0.3) is 0 Å². The van der Waals surface area contributed by atoms with E-state index in [1.807, 2.05) is 0 Å². The highest BCUT2D eigenvalue weighted by Crippen LogP contribution is 2.31. The van der Waals surface area contributed by atoms with Gasteiger partial charge in [0.05, 0.1) is 5.41 Å². The van der Waals surface area contributed by atoms with E-state index in [1.165, 1.54) is 0 Å². The van der Waals surface area contributed by atoms with Gasteiger partial charge in [0.1, 0.15) is 18.8 Å². The standard InChI is InChI=1S/C13H18O7/c1-13(2,3)12(17)18-5-7-9(15)6-4-8(14)20-10(6)11(16)19-7/h4,7,9-11,15-16H,5H2,1-3H3/t7-,9+,10-,11?/m1/s1. The highest BCUT2D eigenvalue weighted by Gasteiger charge is 2.46. The lowest BCUT2D eigenvalue weighted by Gasteiger charge is -2.35. The van der Waals surface area contributed by atoms with E-state index in [-0.39, 0.29) is 12.2 Å². The van der Waals surface area contributed by atoms with E-state index in [1.54, 1.807) is 20.8 Å². The maximum atomic E-state index is 11.7. The van der Waals surface area contributed by atoms with E-state index in [9.17, 15) is 19.8 Å². The first kappa shape index (κ1) is 15.0. The molecule has 0 aromatic carbocycles. The molecule has 2 aliphatic rings. The van der Waals surface area contributed by atoms with Crippen LogP contribution in [0.15, 0.2) is 11.6 Å². The lowest BCUT2D eigenvalue weighted by atomic mass is 9.96. The highest BCUT2D eigenvalue weighted by molar-refractivity contribution is 5.86. The number of ether oxygens (including phenoxy) is 3. The molecule has 0 aromatic rings. The van der Waals surface area contributed by atoms with Crippen LogP contribution in [0.1, 0.15) is 20.8 Å². The minimum absolute atomic E-state index is 0.216. The summed E-state index contributed by atoms with van der Waals surface area (Å²) in [6.07, 6.45) is -3.35. The Hall–Kier alpha value is -1.44. The molecule has 0 saturated carbocycles. The SMILES string of the molecule is CC(C)(C)C(=O)OC[C@H]1OC(O)[C@@H]2OC(=O)C=C2[C@@H]1O. The van der Waals surface area contributed by atoms with Crippen molar-refractivity contribution in [2.75, 3.05) is 6.61 Å². The molecule has 20 heavy (non-hydrogen) atoms. The molecule has 0 aliphatic carbocycles. The number of carbonyl (C=O) groups excluding carboxylic acids is 2. The van der Waals surface area contributed by atoms with Gasteiger partial charge >= 0.3 is 11.9 Å². The molecule has 0 aromatic heterocycles. The van der Waals surface area contributed by atoms with Gasteiger partial charge in [-0.1, -0.05) is 0 Å². The molecular weight excluding hydrogens is 268 g/mol. The predicted molar refractivity (Wildman–Crippen MR) is 65.3 cm³/mol. The van der Waals surface area contributed by atoms with Crippen LogP contribution in [-0.2, 0) is 23.8 Å². The molecule has 4 atom stereocenters. The van der Waals surface area contributed by atoms with Gasteiger partial charge in [-0.05, 0) is 20.8 Å². The summed E-state index contributed by atoms with van der Waals surface area (Å²) >= 11 is 0. The van der Waals surface area contributed by atoms with Crippen molar-refractivity contribution in [2.24, 2.45) is 5.41 Å². The molecule has 7 nitrogen and oxygen atoms in total. The van der Waals surface area contributed by atoms with Crippen molar-refractivity contribution in [1.29, 1.82) is 0 Å². The van der Waals surface area contributed by atoms with Gasteiger partial charge in [0.2, 0.25) is 0 Å². The molecule has 7 heteroatoms. The Labute approximate surface area is 116 Å². The first-order chi connectivity index (χ1) is 9.20. The fourth-order valence-electron chi connectivity index (χ4n) is 1.97. The molecule has 2 N–H and O–H groups in total. The third kappa shape index (κ3) is 2.84. The van der Waals surface area contributed by atoms with Crippen molar-refractivity contribution in [2.45, 2.75) is 45.4 Å². The minimum atomic E-state index is -1.38. The fraction of sp³-hybridized carbons (Fsp3) is 0.692. The zero-order chi connectivity index (χ0) is 15.1. The van der Waals surface area contributed by atoms with Crippen LogP contribution in [0.3, 0.4) is 0 Å². The highest BCUT2D eigenvalue weighted by atomic mass is 16.7. The van der Waals surface area contributed by atoms with Gasteiger partial charge in [-0.25, -0.2) is 4.79 Å². The number of carbonyl (C=O) groups is 2. The van der Waals surface area contributed by atoms with Crippen molar-refractivity contribution in [3.63, 3.8) is 0 Å². The molecular formula is C13H18O7. The number of hydrogen-bond acceptors (Lipinski definition) is 7. The molecule has 0 radical (unpaired) electrons. The zero-order valence-electron chi connectivity index (χ0n) is 11.5. The van der Waals surface area contributed by atoms with Crippen LogP contribution in [-0.4, -0.2) is 53.4 Å². The lowest BCUT2D eigenvalue weighted by Crippen LogP contribution is -2.50. The normalized spacial score (nSPS) is 33.2. The summed E-state index contributed by atoms with van der Waals surface area (Å²) in [4.78, 5) is 22.8. The Bertz CT molecular complexity index is 448. The Morgan fingerprint density at radius 2 is 2.05 bits per heavy atom. The second-order valence-corrected chi connectivity index (χ2v) is 5.86. The largest absolute Gasteiger partial charge is 0.462 e. The zero-order valence-corrected chi connectivity index (χ0v) is 11.5. The van der Waals surface area contributed by atoms with E-state index >= 15 is 0 Å². The Kier molecular flexibility index (Phi) is 3.86. The van der Waals surface area contributed by atoms with E-state index in [0.29, 0.717) is 0 Å². The fourth-order valence-corrected chi connectivity index (χ4v) is 1.97. The molecule has 1 fully saturated rings. The number of aliphatic hydroxyl groups is 2. The lowest BCUT2D eigenvalue weighted by molar-refractivity contribution is -0.234. The molecule has 0 bridgehead atoms. The molecule has 1 unspecified atom stereocenters. The van der Waals surface area contributed by atoms with E-state index in [4.69, 9.17) is 14.2 Å². The predicted octanol–water partition coefficient (Wildman–Crippen LogP) is -0.494. The number of aliphatic hydroxyl groups excluding tert-OH is 2. The average molecular weight is 286 g/mol. The molecule has 1 saturated heterocycles. The van der Waals surface area contributed by atoms with Crippen molar-refractivity contribution >= 4 is 11.9 Å². The Balaban J connectivity index is 2.01. The van der Waals surface area contributed by atoms with Crippen LogP contribution in [0.4, 0.5) is 0 Å². The third-order valence-corrected chi connectivity index (χ3v) is 3.11. The Morgan fingerprint density at radius 3 is 2.65 bits per heavy atom. The van der Waals surface area contributed by atoms with E-state index in [2.05, 4.69) is 0 Å². The van der Waals surface area contributed by atoms with Crippen molar-refractivity contribution in [1.82, 2.24) is 0 Å². The number of fused-ring (bicyclic) bond motifs is 1. The van der Waals surface area contributed by atoms with Gasteiger partial charge in [0, 0.05) is 11.6 Å². The van der Waals surface area contributed by atoms with Gasteiger partial charge in [-0.15, -0.1) is 0 Å². The second-order valence-electron chi connectivity index (χ2n) is 5.86. The van der Waals surface area contributed by atoms with Gasteiger partial charge in [-0.2, -0.15) is 0 Å². The van der Waals surface area contributed by atoms with Crippen molar-refractivity contribution in [3.05, 3.63) is 11.6 Å². The summed E-state index contributed by atoms with van der Waals surface area (Å²) in [6.45, 7) is 4.88. The van der Waals surface area contributed by atoms with Gasteiger partial charge in [0.25, 0.3) is 0 Å². The first-order valence-electron chi connectivity index (χ1n) is 6.31. The summed E-state index contributed by atoms with van der Waals surface area (Å²) in [7, 11) is 0. The molecule has 0 amide bonds. The monoisotopic (exact) mass is 286 g/mol. The summed E-state index contributed by atoms with van der Waals surface area (Å²) in [5, 5.41) is 19.8. The van der Waals surface area contributed by atoms with E-state index in [0.717, 1.165) is 6.08 Å². The molecule has 2 rings (SSSR count). The van der Waals surface area contributed by atoms with Crippen LogP contribution >= 0.6 is 0 Å². The molecule has 112 valence electrons. The van der Waals surface area contributed by atoms with Crippen LogP contribution in [0.5, 0.6) is 0 Å². The number of esters is 2. The van der Waals surface area contributed by atoms with E-state index < -0.39 is 42.0 Å². The Morgan fingerprint density at radius 1 is 1.40 bits per heavy atom. The second kappa shape index (κ2) is 5.16. The average Bonchev–Trinajstić information content (AvgIpc) is 2.73. The quantitative estimate of drug-likeness (QED) is 0.660. The maximum Gasteiger partial charge on any atom is 0.331 e. The van der Waals surface area contributed by atoms with Gasteiger partial charge in [-0.3, -0.25) is 4.79 Å². The van der Waals surface area contributed by atoms with Crippen LogP contribution in [0, 0.1) is 5.41 Å². The van der Waals surface area contributed by atoms with Gasteiger partial charge < -0.3 is 24.4 Å². The molecule has 0 spiro atoms. The summed E-state index contributed by atoms with van der Waals surface area (Å²) in [5.74, 6) is -1.09. The smallest absolute Gasteiger partial charge is 0.331 e. The summed E-state index contributed by atoms with van der Waals surface area (Å²) < 4.78 is 15.0. The number of hydrogen-bond donors (Lipinski definition) is 2. The van der Waals surface area contributed by atoms with Crippen molar-refractivity contribution in [3.8, 4) is 0 Å². The van der Waals surface area contributed by atoms with Gasteiger partial charge in [0.15, 0.2) is 12.4 Å². The number of rotatable bonds is 2. The first-order valence-corrected chi connectivity index (χ1v) is 6.31. The minimum Gasteiger partial charge on any atom is -0.462 e. The summed E-state index contributed by atoms with van der Waals surface area (Å²) in [5.41, 5.74) is -0.433. The topological polar surface area (TPSA) is 102 Å². The van der Waals surface area contributed by atoms with Crippen LogP contribution in [0.2, 0.25) is 0 Å². The van der Waals surface area contributed by atoms with Crippen molar-refractivity contribution < 1.29 is 34.0 Å².